The van der Waals surface area contributed by atoms with Gasteiger partial charge in [-0.05, 0) is 44.2 Å². The molecule has 2 N–H and O–H groups in total. The molecule has 4 unspecified atom stereocenters. The summed E-state index contributed by atoms with van der Waals surface area (Å²) in [5, 5.41) is 13.5. The molecule has 3 aromatic rings. The Balaban J connectivity index is 1.34. The number of hydrogen-bond donors (Lipinski definition) is 2. The maximum Gasteiger partial charge on any atom is 0.330 e. The molecule has 0 bridgehead atoms. The van der Waals surface area contributed by atoms with Crippen molar-refractivity contribution in [1.82, 2.24) is 25.1 Å². The molecule has 3 heterocycles. The number of amides is 3. The van der Waals surface area contributed by atoms with Crippen molar-refractivity contribution in [2.45, 2.75) is 56.7 Å². The maximum atomic E-state index is 13.7. The second-order valence-electron chi connectivity index (χ2n) is 11.9. The summed E-state index contributed by atoms with van der Waals surface area (Å²) in [5.41, 5.74) is 0.969. The number of benzene rings is 2. The molecule has 0 radical (unpaired) electrons. The van der Waals surface area contributed by atoms with Crippen LogP contribution in [0.25, 0.3) is 22.3 Å². The first-order chi connectivity index (χ1) is 21.2. The van der Waals surface area contributed by atoms with Crippen molar-refractivity contribution >= 4 is 28.8 Å². The Morgan fingerprint density at radius 2 is 1.93 bits per heavy atom. The van der Waals surface area contributed by atoms with E-state index in [1.165, 1.54) is 4.90 Å². The van der Waals surface area contributed by atoms with Gasteiger partial charge in [-0.2, -0.15) is 4.98 Å². The van der Waals surface area contributed by atoms with Crippen LogP contribution in [0.15, 0.2) is 54.6 Å². The highest BCUT2D eigenvalue weighted by atomic mass is 16.5. The van der Waals surface area contributed by atoms with Gasteiger partial charge in [-0.15, -0.1) is 0 Å². The van der Waals surface area contributed by atoms with Crippen LogP contribution in [-0.2, 0) is 9.59 Å². The highest BCUT2D eigenvalue weighted by Gasteiger charge is 2.61. The van der Waals surface area contributed by atoms with Gasteiger partial charge in [0.25, 0.3) is 0 Å². The lowest BCUT2D eigenvalue weighted by Crippen LogP contribution is -2.54. The summed E-state index contributed by atoms with van der Waals surface area (Å²) in [6.07, 6.45) is 6.27. The summed E-state index contributed by atoms with van der Waals surface area (Å²) in [4.78, 5) is 52.4. The zero-order valence-corrected chi connectivity index (χ0v) is 25.2. The number of urea groups is 1. The quantitative estimate of drug-likeness (QED) is 0.417. The number of aliphatic carboxylic acids is 1. The van der Waals surface area contributed by atoms with Crippen molar-refractivity contribution in [1.29, 1.82) is 0 Å². The maximum absolute atomic E-state index is 13.7. The molecule has 4 atom stereocenters. The molecule has 2 aliphatic heterocycles. The van der Waals surface area contributed by atoms with E-state index in [0.717, 1.165) is 30.4 Å². The van der Waals surface area contributed by atoms with Crippen LogP contribution in [0.1, 0.15) is 37.7 Å². The third-order valence-corrected chi connectivity index (χ3v) is 8.85. The van der Waals surface area contributed by atoms with Crippen LogP contribution in [0.4, 0.5) is 4.79 Å². The summed E-state index contributed by atoms with van der Waals surface area (Å²) in [7, 11) is 3.33. The van der Waals surface area contributed by atoms with Crippen LogP contribution in [-0.4, -0.2) is 87.7 Å². The zero-order valence-electron chi connectivity index (χ0n) is 25.2. The number of carbonyl (C=O) groups excluding carboxylic acids is 2. The predicted octanol–water partition coefficient (Wildman–Crippen LogP) is 4.19. The van der Waals surface area contributed by atoms with E-state index in [2.05, 4.69) is 5.32 Å². The fourth-order valence-corrected chi connectivity index (χ4v) is 6.22. The number of carboxylic acid groups (broad SMARTS) is 1. The fourth-order valence-electron chi connectivity index (χ4n) is 6.22. The van der Waals surface area contributed by atoms with Crippen molar-refractivity contribution in [3.63, 3.8) is 0 Å². The van der Waals surface area contributed by atoms with E-state index in [4.69, 9.17) is 19.4 Å². The third kappa shape index (κ3) is 5.54. The van der Waals surface area contributed by atoms with Crippen LogP contribution in [0.3, 0.4) is 0 Å². The third-order valence-electron chi connectivity index (χ3n) is 8.85. The number of methoxy groups -OCH3 is 1. The minimum absolute atomic E-state index is 0.145. The normalized spacial score (nSPS) is 26.3. The minimum atomic E-state index is -1.36. The SMILES string of the molecule is COc1cc2nc(-c3ccccc3)nc(OC3CC4C(=O)NC5(C(=O)O)CC5/C=C\CCCCN(C)C(=O)N4C3)c2cc1C. The largest absolute Gasteiger partial charge is 0.496 e. The smallest absolute Gasteiger partial charge is 0.330 e. The van der Waals surface area contributed by atoms with E-state index in [9.17, 15) is 19.5 Å². The molecule has 1 aliphatic carbocycles. The number of aromatic nitrogens is 2. The van der Waals surface area contributed by atoms with E-state index in [-0.39, 0.29) is 24.9 Å². The summed E-state index contributed by atoms with van der Waals surface area (Å²) in [6, 6.07) is 12.1. The van der Waals surface area contributed by atoms with Gasteiger partial charge in [0.1, 0.15) is 23.4 Å². The molecule has 0 spiro atoms. The highest BCUT2D eigenvalue weighted by Crippen LogP contribution is 2.45. The first kappa shape index (κ1) is 29.4. The molecule has 1 aromatic heterocycles. The van der Waals surface area contributed by atoms with Gasteiger partial charge in [0.15, 0.2) is 5.82 Å². The molecule has 11 heteroatoms. The van der Waals surface area contributed by atoms with Gasteiger partial charge in [-0.25, -0.2) is 14.6 Å². The van der Waals surface area contributed by atoms with Crippen molar-refractivity contribution in [3.05, 3.63) is 60.2 Å². The van der Waals surface area contributed by atoms with Crippen LogP contribution in [0.5, 0.6) is 11.6 Å². The second kappa shape index (κ2) is 11.8. The molecule has 44 heavy (non-hydrogen) atoms. The lowest BCUT2D eigenvalue weighted by Gasteiger charge is -2.29. The van der Waals surface area contributed by atoms with Gasteiger partial charge in [-0.3, -0.25) is 4.79 Å². The monoisotopic (exact) mass is 599 g/mol. The van der Waals surface area contributed by atoms with Gasteiger partial charge < -0.3 is 29.7 Å². The lowest BCUT2D eigenvalue weighted by molar-refractivity contribution is -0.144. The number of allylic oxidation sites excluding steroid dienone is 1. The van der Waals surface area contributed by atoms with Gasteiger partial charge in [0.2, 0.25) is 11.8 Å². The van der Waals surface area contributed by atoms with E-state index < -0.39 is 29.6 Å². The van der Waals surface area contributed by atoms with E-state index in [1.54, 1.807) is 19.1 Å². The number of ether oxygens (including phenoxy) is 2. The van der Waals surface area contributed by atoms with Crippen molar-refractivity contribution in [2.24, 2.45) is 5.92 Å². The van der Waals surface area contributed by atoms with Gasteiger partial charge >= 0.3 is 12.0 Å². The number of hydrogen-bond acceptors (Lipinski definition) is 7. The Morgan fingerprint density at radius 3 is 2.68 bits per heavy atom. The first-order valence-corrected chi connectivity index (χ1v) is 15.0. The molecule has 2 aromatic carbocycles. The standard InChI is InChI=1S/C33H37N5O6/c1-20-15-24-25(17-27(20)43-3)34-28(21-11-7-6-8-12-21)35-30(24)44-23-16-26-29(39)36-33(31(40)41)18-22(33)13-9-4-5-10-14-37(2)32(42)38(26)19-23/h6-9,11-13,15,17,22-23,26H,4-5,10,14,16,18-19H2,1-3H3,(H,36,39)(H,40,41)/b13-9-. The summed E-state index contributed by atoms with van der Waals surface area (Å²) in [5.74, 6) is -0.349. The number of carbonyl (C=O) groups is 3. The highest BCUT2D eigenvalue weighted by molar-refractivity contribution is 5.94. The van der Waals surface area contributed by atoms with E-state index in [1.807, 2.05) is 61.5 Å². The van der Waals surface area contributed by atoms with Gasteiger partial charge in [-0.1, -0.05) is 42.5 Å². The van der Waals surface area contributed by atoms with Crippen molar-refractivity contribution in [3.8, 4) is 23.0 Å². The summed E-state index contributed by atoms with van der Waals surface area (Å²) < 4.78 is 12.1. The van der Waals surface area contributed by atoms with Gasteiger partial charge in [0, 0.05) is 37.6 Å². The predicted molar refractivity (Wildman–Crippen MR) is 163 cm³/mol. The van der Waals surface area contributed by atoms with Crippen molar-refractivity contribution in [2.75, 3.05) is 27.2 Å². The summed E-state index contributed by atoms with van der Waals surface area (Å²) >= 11 is 0. The van der Waals surface area contributed by atoms with Crippen LogP contribution < -0.4 is 14.8 Å². The van der Waals surface area contributed by atoms with Gasteiger partial charge in [0.05, 0.1) is 24.6 Å². The Morgan fingerprint density at radius 1 is 1.14 bits per heavy atom. The average Bonchev–Trinajstić information content (AvgIpc) is 3.56. The molecule has 3 amide bonds. The molecular weight excluding hydrogens is 562 g/mol. The molecule has 230 valence electrons. The van der Waals surface area contributed by atoms with Crippen LogP contribution >= 0.6 is 0 Å². The minimum Gasteiger partial charge on any atom is -0.496 e. The Labute approximate surface area is 255 Å². The number of aryl methyl sites for hydroxylation is 1. The lowest BCUT2D eigenvalue weighted by atomic mass is 10.1. The topological polar surface area (TPSA) is 134 Å². The van der Waals surface area contributed by atoms with E-state index >= 15 is 0 Å². The van der Waals surface area contributed by atoms with Crippen LogP contribution in [0, 0.1) is 12.8 Å². The zero-order chi connectivity index (χ0) is 31.0. The fraction of sp³-hybridized carbons (Fsp3) is 0.424. The molecule has 3 aliphatic rings. The number of carboxylic acids is 1. The Kier molecular flexibility index (Phi) is 7.87. The van der Waals surface area contributed by atoms with Crippen LogP contribution in [0.2, 0.25) is 0 Å². The Bertz CT molecular complexity index is 1630. The molecular formula is C33H37N5O6. The molecule has 1 saturated heterocycles. The number of fused-ring (bicyclic) bond motifs is 3. The van der Waals surface area contributed by atoms with E-state index in [0.29, 0.717) is 41.3 Å². The van der Waals surface area contributed by atoms with Crippen molar-refractivity contribution < 1.29 is 29.0 Å². The number of nitrogens with zero attached hydrogens (tertiary/aromatic N) is 4. The molecule has 11 nitrogen and oxygen atoms in total. The first-order valence-electron chi connectivity index (χ1n) is 15.0. The summed E-state index contributed by atoms with van der Waals surface area (Å²) in [6.45, 7) is 2.62. The number of rotatable bonds is 5. The number of nitrogens with one attached hydrogen (secondary N) is 1. The molecule has 1 saturated carbocycles. The average molecular weight is 600 g/mol. The molecule has 6 rings (SSSR count). The second-order valence-corrected chi connectivity index (χ2v) is 11.9. The Hall–Kier alpha value is -4.67. The molecule has 2 fully saturated rings.